The minimum Gasteiger partial charge on any atom is -0.465 e. The summed E-state index contributed by atoms with van der Waals surface area (Å²) in [5.41, 5.74) is 0.435. The van der Waals surface area contributed by atoms with Crippen LogP contribution < -0.4 is 5.32 Å². The number of carbonyl (C=O) groups excluding carboxylic acids is 1. The Bertz CT molecular complexity index is 913. The molecular formula is C15H9ClFIN2O3. The average molecular weight is 447 g/mol. The number of nitrogens with zero attached hydrogens (tertiary/aromatic N) is 1. The van der Waals surface area contributed by atoms with Crippen LogP contribution in [0, 0.1) is 9.39 Å². The van der Waals surface area contributed by atoms with Gasteiger partial charge in [-0.1, -0.05) is 11.6 Å². The number of aromatic nitrogens is 1. The number of methoxy groups -OCH3 is 1. The minimum atomic E-state index is -0.664. The minimum absolute atomic E-state index is 0.0508. The van der Waals surface area contributed by atoms with E-state index in [9.17, 15) is 9.18 Å². The van der Waals surface area contributed by atoms with Crippen LogP contribution in [0.25, 0.3) is 11.0 Å². The van der Waals surface area contributed by atoms with Crippen molar-refractivity contribution in [1.29, 1.82) is 0 Å². The van der Waals surface area contributed by atoms with Gasteiger partial charge in [-0.3, -0.25) is 0 Å². The second-order valence-electron chi connectivity index (χ2n) is 4.53. The Hall–Kier alpha value is -1.87. The zero-order chi connectivity index (χ0) is 16.6. The molecule has 2 heterocycles. The number of esters is 1. The summed E-state index contributed by atoms with van der Waals surface area (Å²) in [6.45, 7) is 0. The molecule has 1 aromatic carbocycles. The number of fused-ring (bicyclic) bond motifs is 1. The molecule has 0 radical (unpaired) electrons. The molecule has 8 heteroatoms. The largest absolute Gasteiger partial charge is 0.465 e. The number of hydrogen-bond donors (Lipinski definition) is 1. The molecule has 0 unspecified atom stereocenters. The first kappa shape index (κ1) is 16.0. The summed E-state index contributed by atoms with van der Waals surface area (Å²) in [7, 11) is 1.24. The fraction of sp³-hybridized carbons (Fsp3) is 0.0667. The molecule has 0 aliphatic rings. The zero-order valence-corrected chi connectivity index (χ0v) is 14.6. The molecule has 3 rings (SSSR count). The molecule has 23 heavy (non-hydrogen) atoms. The first-order valence-corrected chi connectivity index (χ1v) is 7.84. The topological polar surface area (TPSA) is 64.4 Å². The first-order chi connectivity index (χ1) is 11.0. The van der Waals surface area contributed by atoms with Crippen molar-refractivity contribution < 1.29 is 18.3 Å². The number of nitrogens with one attached hydrogen (secondary N) is 1. The third-order valence-electron chi connectivity index (χ3n) is 3.14. The summed E-state index contributed by atoms with van der Waals surface area (Å²) in [6, 6.07) is 6.21. The predicted molar refractivity (Wildman–Crippen MR) is 92.8 cm³/mol. The molecule has 3 aromatic rings. The van der Waals surface area contributed by atoms with Crippen LogP contribution >= 0.6 is 34.2 Å². The maximum Gasteiger partial charge on any atom is 0.345 e. The van der Waals surface area contributed by atoms with Crippen LogP contribution in [0.4, 0.5) is 15.9 Å². The lowest BCUT2D eigenvalue weighted by molar-refractivity contribution is 0.0602. The normalized spacial score (nSPS) is 10.8. The van der Waals surface area contributed by atoms with E-state index >= 15 is 0 Å². The second kappa shape index (κ2) is 6.32. The smallest absolute Gasteiger partial charge is 0.345 e. The SMILES string of the molecule is COC(=O)c1c(Nc2ccc(I)cc2F)nc(Cl)c2ccoc12. The molecule has 0 spiro atoms. The van der Waals surface area contributed by atoms with E-state index in [-0.39, 0.29) is 27.8 Å². The summed E-state index contributed by atoms with van der Waals surface area (Å²) in [5.74, 6) is -1.09. The fourth-order valence-corrected chi connectivity index (χ4v) is 2.77. The van der Waals surface area contributed by atoms with Crippen LogP contribution in [0.1, 0.15) is 10.4 Å². The summed E-state index contributed by atoms with van der Waals surface area (Å²) in [5, 5.41) is 3.38. The number of benzene rings is 1. The van der Waals surface area contributed by atoms with Gasteiger partial charge in [0.15, 0.2) is 11.4 Å². The van der Waals surface area contributed by atoms with Crippen LogP contribution in [0.15, 0.2) is 34.9 Å². The van der Waals surface area contributed by atoms with Crippen LogP contribution in [0.3, 0.4) is 0 Å². The van der Waals surface area contributed by atoms with Crippen molar-refractivity contribution >= 4 is 62.6 Å². The van der Waals surface area contributed by atoms with E-state index in [1.54, 1.807) is 18.2 Å². The number of ether oxygens (including phenoxy) is 1. The Kier molecular flexibility index (Phi) is 4.40. The Morgan fingerprint density at radius 2 is 2.22 bits per heavy atom. The number of furan rings is 1. The van der Waals surface area contributed by atoms with Gasteiger partial charge in [-0.25, -0.2) is 14.2 Å². The summed E-state index contributed by atoms with van der Waals surface area (Å²) in [6.07, 6.45) is 1.39. The number of halogens is 3. The molecule has 0 saturated carbocycles. The maximum atomic E-state index is 14.0. The number of hydrogen-bond acceptors (Lipinski definition) is 5. The van der Waals surface area contributed by atoms with E-state index in [4.69, 9.17) is 20.8 Å². The Morgan fingerprint density at radius 1 is 1.43 bits per heavy atom. The van der Waals surface area contributed by atoms with Gasteiger partial charge in [0.05, 0.1) is 24.4 Å². The number of anilines is 2. The van der Waals surface area contributed by atoms with E-state index in [1.807, 2.05) is 22.6 Å². The van der Waals surface area contributed by atoms with Gasteiger partial charge in [0.25, 0.3) is 0 Å². The Morgan fingerprint density at radius 3 is 2.91 bits per heavy atom. The molecule has 5 nitrogen and oxygen atoms in total. The first-order valence-electron chi connectivity index (χ1n) is 6.38. The van der Waals surface area contributed by atoms with Gasteiger partial charge in [0, 0.05) is 3.57 Å². The van der Waals surface area contributed by atoms with Gasteiger partial charge in [-0.15, -0.1) is 0 Å². The lowest BCUT2D eigenvalue weighted by Crippen LogP contribution is -2.09. The maximum absolute atomic E-state index is 14.0. The predicted octanol–water partition coefficient (Wildman–Crippen LogP) is 4.76. The van der Waals surface area contributed by atoms with Gasteiger partial charge >= 0.3 is 5.97 Å². The van der Waals surface area contributed by atoms with Gasteiger partial charge in [-0.2, -0.15) is 0 Å². The van der Waals surface area contributed by atoms with Crippen LogP contribution in [-0.2, 0) is 4.74 Å². The molecule has 2 aromatic heterocycles. The Balaban J connectivity index is 2.17. The highest BCUT2D eigenvalue weighted by Gasteiger charge is 2.23. The molecule has 0 bridgehead atoms. The molecule has 0 amide bonds. The van der Waals surface area contributed by atoms with Gasteiger partial charge in [0.1, 0.15) is 16.5 Å². The monoisotopic (exact) mass is 446 g/mol. The van der Waals surface area contributed by atoms with Crippen molar-refractivity contribution in [3.8, 4) is 0 Å². The summed E-state index contributed by atoms with van der Waals surface area (Å²) in [4.78, 5) is 16.2. The van der Waals surface area contributed by atoms with E-state index in [0.717, 1.165) is 3.57 Å². The molecule has 1 N–H and O–H groups in total. The highest BCUT2D eigenvalue weighted by Crippen LogP contribution is 2.33. The lowest BCUT2D eigenvalue weighted by atomic mass is 10.2. The number of carbonyl (C=O) groups is 1. The molecule has 0 atom stereocenters. The third-order valence-corrected chi connectivity index (χ3v) is 4.09. The number of rotatable bonds is 3. The highest BCUT2D eigenvalue weighted by atomic mass is 127. The van der Waals surface area contributed by atoms with E-state index in [2.05, 4.69) is 10.3 Å². The van der Waals surface area contributed by atoms with Crippen LogP contribution in [0.2, 0.25) is 5.15 Å². The van der Waals surface area contributed by atoms with Crippen molar-refractivity contribution in [3.05, 3.63) is 50.6 Å². The standard InChI is InChI=1S/C15H9ClFIN2O3/c1-22-15(21)11-12-8(4-5-23-12)13(16)20-14(11)19-10-3-2-7(18)6-9(10)17/h2-6H,1H3,(H,19,20). The summed E-state index contributed by atoms with van der Waals surface area (Å²) >= 11 is 8.10. The fourth-order valence-electron chi connectivity index (χ4n) is 2.09. The molecular weight excluding hydrogens is 438 g/mol. The van der Waals surface area contributed by atoms with E-state index < -0.39 is 11.8 Å². The zero-order valence-electron chi connectivity index (χ0n) is 11.7. The van der Waals surface area contributed by atoms with Crippen molar-refractivity contribution in [3.63, 3.8) is 0 Å². The summed E-state index contributed by atoms with van der Waals surface area (Å²) < 4.78 is 24.9. The quantitative estimate of drug-likeness (QED) is 0.357. The molecule has 118 valence electrons. The van der Waals surface area contributed by atoms with E-state index in [0.29, 0.717) is 5.39 Å². The Labute approximate surface area is 148 Å². The van der Waals surface area contributed by atoms with Crippen LogP contribution in [-0.4, -0.2) is 18.1 Å². The molecule has 0 aliphatic heterocycles. The molecule has 0 aliphatic carbocycles. The van der Waals surface area contributed by atoms with Crippen LogP contribution in [0.5, 0.6) is 0 Å². The van der Waals surface area contributed by atoms with E-state index in [1.165, 1.54) is 19.4 Å². The molecule has 0 saturated heterocycles. The van der Waals surface area contributed by atoms with Crippen molar-refractivity contribution in [2.45, 2.75) is 0 Å². The number of pyridine rings is 1. The highest BCUT2D eigenvalue weighted by molar-refractivity contribution is 14.1. The van der Waals surface area contributed by atoms with Gasteiger partial charge in [0.2, 0.25) is 0 Å². The van der Waals surface area contributed by atoms with Crippen molar-refractivity contribution in [1.82, 2.24) is 4.98 Å². The second-order valence-corrected chi connectivity index (χ2v) is 6.13. The van der Waals surface area contributed by atoms with Crippen molar-refractivity contribution in [2.75, 3.05) is 12.4 Å². The third kappa shape index (κ3) is 2.98. The average Bonchev–Trinajstić information content (AvgIpc) is 2.99. The van der Waals surface area contributed by atoms with Crippen molar-refractivity contribution in [2.24, 2.45) is 0 Å². The molecule has 0 fully saturated rings. The van der Waals surface area contributed by atoms with Gasteiger partial charge in [-0.05, 0) is 46.9 Å². The van der Waals surface area contributed by atoms with Gasteiger partial charge < -0.3 is 14.5 Å². The lowest BCUT2D eigenvalue weighted by Gasteiger charge is -2.12.